The summed E-state index contributed by atoms with van der Waals surface area (Å²) in [6.07, 6.45) is 2.63. The molecule has 3 rings (SSSR count). The Morgan fingerprint density at radius 1 is 1.17 bits per heavy atom. The number of halogens is 1. The molecular weight excluding hydrogens is 410 g/mol. The largest absolute Gasteiger partial charge is 0.493 e. The van der Waals surface area contributed by atoms with Crippen molar-refractivity contribution in [3.63, 3.8) is 0 Å². The molecule has 2 amide bonds. The second-order valence-corrected chi connectivity index (χ2v) is 8.01. The van der Waals surface area contributed by atoms with Crippen molar-refractivity contribution in [1.82, 2.24) is 4.90 Å². The van der Waals surface area contributed by atoms with Gasteiger partial charge in [0, 0.05) is 5.02 Å². The van der Waals surface area contributed by atoms with Gasteiger partial charge in [-0.3, -0.25) is 14.5 Å². The van der Waals surface area contributed by atoms with Gasteiger partial charge in [-0.05, 0) is 60.5 Å². The fourth-order valence-corrected chi connectivity index (χ4v) is 3.79. The van der Waals surface area contributed by atoms with E-state index in [-0.39, 0.29) is 23.8 Å². The Labute approximate surface area is 179 Å². The molecule has 7 heteroatoms. The highest BCUT2D eigenvalue weighted by Crippen LogP contribution is 2.36. The second kappa shape index (κ2) is 9.37. The van der Waals surface area contributed by atoms with Crippen molar-refractivity contribution < 1.29 is 19.1 Å². The number of imide groups is 1. The highest BCUT2D eigenvalue weighted by Gasteiger charge is 2.35. The van der Waals surface area contributed by atoms with Crippen LogP contribution < -0.4 is 9.47 Å². The third-order valence-corrected chi connectivity index (χ3v) is 5.82. The summed E-state index contributed by atoms with van der Waals surface area (Å²) in [5.74, 6) is 0.888. The van der Waals surface area contributed by atoms with Crippen LogP contribution in [-0.4, -0.2) is 29.3 Å². The molecule has 2 aromatic carbocycles. The number of benzene rings is 2. The molecule has 0 aromatic heterocycles. The zero-order valence-corrected chi connectivity index (χ0v) is 18.0. The molecule has 1 fully saturated rings. The summed E-state index contributed by atoms with van der Waals surface area (Å²) in [5, 5.41) is 0.210. The summed E-state index contributed by atoms with van der Waals surface area (Å²) >= 11 is 7.08. The number of rotatable bonds is 7. The number of methoxy groups -OCH3 is 1. The first kappa shape index (κ1) is 21.3. The van der Waals surface area contributed by atoms with Gasteiger partial charge in [0.15, 0.2) is 11.5 Å². The molecular formula is C22H22ClNO4S. The van der Waals surface area contributed by atoms with E-state index in [0.29, 0.717) is 21.4 Å². The molecule has 1 atom stereocenters. The lowest BCUT2D eigenvalue weighted by Crippen LogP contribution is -2.27. The number of nitrogens with zero attached hydrogens (tertiary/aromatic N) is 1. The number of ether oxygens (including phenoxy) is 2. The molecule has 0 radical (unpaired) electrons. The third kappa shape index (κ3) is 4.95. The zero-order chi connectivity index (χ0) is 21.0. The molecule has 1 aliphatic rings. The van der Waals surface area contributed by atoms with Crippen molar-refractivity contribution in [2.45, 2.75) is 32.9 Å². The maximum absolute atomic E-state index is 12.8. The van der Waals surface area contributed by atoms with Crippen molar-refractivity contribution >= 4 is 40.6 Å². The number of hydrogen-bond donors (Lipinski definition) is 0. The normalized spacial score (nSPS) is 16.4. The molecule has 0 N–H and O–H groups in total. The Morgan fingerprint density at radius 2 is 1.93 bits per heavy atom. The molecule has 1 heterocycles. The Balaban J connectivity index is 1.81. The Bertz CT molecular complexity index is 960. The van der Waals surface area contributed by atoms with Gasteiger partial charge in [-0.1, -0.05) is 42.8 Å². The van der Waals surface area contributed by atoms with E-state index < -0.39 is 0 Å². The predicted octanol–water partition coefficient (Wildman–Crippen LogP) is 5.76. The molecule has 0 saturated carbocycles. The molecule has 2 aromatic rings. The first-order chi connectivity index (χ1) is 13.9. The minimum Gasteiger partial charge on any atom is -0.493 e. The molecule has 152 valence electrons. The maximum atomic E-state index is 12.8. The minimum absolute atomic E-state index is 0.0658. The van der Waals surface area contributed by atoms with Gasteiger partial charge in [-0.2, -0.15) is 0 Å². The van der Waals surface area contributed by atoms with Crippen LogP contribution in [0.25, 0.3) is 6.08 Å². The Hall–Kier alpha value is -2.44. The fourth-order valence-electron chi connectivity index (χ4n) is 2.76. The second-order valence-electron chi connectivity index (χ2n) is 6.61. The van der Waals surface area contributed by atoms with Crippen molar-refractivity contribution in [1.29, 1.82) is 0 Å². The van der Waals surface area contributed by atoms with E-state index in [1.54, 1.807) is 31.4 Å². The Kier molecular flexibility index (Phi) is 6.87. The molecule has 1 aliphatic heterocycles. The van der Waals surface area contributed by atoms with Gasteiger partial charge < -0.3 is 9.47 Å². The molecule has 0 aliphatic carbocycles. The summed E-state index contributed by atoms with van der Waals surface area (Å²) < 4.78 is 11.3. The van der Waals surface area contributed by atoms with Crippen LogP contribution in [0.15, 0.2) is 47.4 Å². The molecule has 1 saturated heterocycles. The monoisotopic (exact) mass is 431 g/mol. The average Bonchev–Trinajstić information content (AvgIpc) is 2.97. The SMILES string of the molecule is CC[C@H](C)Oc1ccc(/C=C2\SC(=O)N(Cc3ccccc3Cl)C2=O)cc1OC. The highest BCUT2D eigenvalue weighted by molar-refractivity contribution is 8.18. The first-order valence-corrected chi connectivity index (χ1v) is 10.5. The van der Waals surface area contributed by atoms with Gasteiger partial charge >= 0.3 is 0 Å². The van der Waals surface area contributed by atoms with E-state index in [1.165, 1.54) is 4.90 Å². The fraction of sp³-hybridized carbons (Fsp3) is 0.273. The van der Waals surface area contributed by atoms with Crippen LogP contribution in [0.4, 0.5) is 4.79 Å². The number of amides is 2. The van der Waals surface area contributed by atoms with Crippen LogP contribution in [-0.2, 0) is 11.3 Å². The lowest BCUT2D eigenvalue weighted by atomic mass is 10.1. The van der Waals surface area contributed by atoms with Crippen LogP contribution in [0.1, 0.15) is 31.4 Å². The van der Waals surface area contributed by atoms with Crippen LogP contribution in [0.3, 0.4) is 0 Å². The van der Waals surface area contributed by atoms with Gasteiger partial charge in [0.1, 0.15) is 0 Å². The summed E-state index contributed by atoms with van der Waals surface area (Å²) in [7, 11) is 1.57. The topological polar surface area (TPSA) is 55.8 Å². The van der Waals surface area contributed by atoms with Crippen LogP contribution in [0, 0.1) is 0 Å². The zero-order valence-electron chi connectivity index (χ0n) is 16.5. The number of thioether (sulfide) groups is 1. The summed E-state index contributed by atoms with van der Waals surface area (Å²) in [4.78, 5) is 26.7. The van der Waals surface area contributed by atoms with Crippen molar-refractivity contribution in [2.24, 2.45) is 0 Å². The van der Waals surface area contributed by atoms with E-state index >= 15 is 0 Å². The van der Waals surface area contributed by atoms with Crippen molar-refractivity contribution in [3.05, 3.63) is 63.5 Å². The number of carbonyl (C=O) groups is 2. The predicted molar refractivity (Wildman–Crippen MR) is 116 cm³/mol. The highest BCUT2D eigenvalue weighted by atomic mass is 35.5. The van der Waals surface area contributed by atoms with E-state index in [2.05, 4.69) is 0 Å². The molecule has 29 heavy (non-hydrogen) atoms. The molecule has 0 unspecified atom stereocenters. The standard InChI is InChI=1S/C22H22ClNO4S/c1-4-14(2)28-18-10-9-15(11-19(18)27-3)12-20-21(25)24(22(26)29-20)13-16-7-5-6-8-17(16)23/h5-12,14H,4,13H2,1-3H3/b20-12-/t14-/m0/s1. The van der Waals surface area contributed by atoms with Crippen LogP contribution in [0.5, 0.6) is 11.5 Å². The number of carbonyl (C=O) groups excluding carboxylic acids is 2. The van der Waals surface area contributed by atoms with E-state index in [4.69, 9.17) is 21.1 Å². The van der Waals surface area contributed by atoms with Gasteiger partial charge in [0.2, 0.25) is 0 Å². The third-order valence-electron chi connectivity index (χ3n) is 4.55. The number of hydrogen-bond acceptors (Lipinski definition) is 5. The Morgan fingerprint density at radius 3 is 2.62 bits per heavy atom. The van der Waals surface area contributed by atoms with Gasteiger partial charge in [-0.25, -0.2) is 0 Å². The lowest BCUT2D eigenvalue weighted by Gasteiger charge is -2.16. The molecule has 0 spiro atoms. The minimum atomic E-state index is -0.334. The lowest BCUT2D eigenvalue weighted by molar-refractivity contribution is -0.123. The smallest absolute Gasteiger partial charge is 0.293 e. The van der Waals surface area contributed by atoms with Crippen LogP contribution >= 0.6 is 23.4 Å². The van der Waals surface area contributed by atoms with Crippen molar-refractivity contribution in [3.8, 4) is 11.5 Å². The van der Waals surface area contributed by atoms with E-state index in [9.17, 15) is 9.59 Å². The maximum Gasteiger partial charge on any atom is 0.293 e. The summed E-state index contributed by atoms with van der Waals surface area (Å²) in [6, 6.07) is 12.6. The van der Waals surface area contributed by atoms with Gasteiger partial charge in [0.25, 0.3) is 11.1 Å². The average molecular weight is 432 g/mol. The van der Waals surface area contributed by atoms with Gasteiger partial charge in [-0.15, -0.1) is 0 Å². The molecule has 0 bridgehead atoms. The van der Waals surface area contributed by atoms with Crippen molar-refractivity contribution in [2.75, 3.05) is 7.11 Å². The van der Waals surface area contributed by atoms with E-state index in [1.807, 2.05) is 38.1 Å². The molecule has 5 nitrogen and oxygen atoms in total. The van der Waals surface area contributed by atoms with Crippen LogP contribution in [0.2, 0.25) is 5.02 Å². The summed E-state index contributed by atoms with van der Waals surface area (Å²) in [6.45, 7) is 4.18. The van der Waals surface area contributed by atoms with Gasteiger partial charge in [0.05, 0.1) is 24.7 Å². The van der Waals surface area contributed by atoms with E-state index in [0.717, 1.165) is 29.3 Å². The quantitative estimate of drug-likeness (QED) is 0.521. The summed E-state index contributed by atoms with van der Waals surface area (Å²) in [5.41, 5.74) is 1.48. The first-order valence-electron chi connectivity index (χ1n) is 9.26.